The lowest BCUT2D eigenvalue weighted by Crippen LogP contribution is -2.24. The summed E-state index contributed by atoms with van der Waals surface area (Å²) < 4.78 is 10.6. The van der Waals surface area contributed by atoms with Crippen molar-refractivity contribution in [3.63, 3.8) is 0 Å². The van der Waals surface area contributed by atoms with Crippen LogP contribution in [0.2, 0.25) is 5.02 Å². The number of halogens is 1. The molecular formula is C20H16ClN3O4S. The molecule has 7 nitrogen and oxygen atoms in total. The van der Waals surface area contributed by atoms with Crippen LogP contribution in [0.4, 0.5) is 5.13 Å². The van der Waals surface area contributed by atoms with Crippen molar-refractivity contribution in [1.29, 1.82) is 0 Å². The molecule has 0 spiro atoms. The Hall–Kier alpha value is -3.10. The molecule has 3 aromatic rings. The topological polar surface area (TPSA) is 89.6 Å². The Morgan fingerprint density at radius 3 is 2.72 bits per heavy atom. The Morgan fingerprint density at radius 2 is 1.90 bits per heavy atom. The van der Waals surface area contributed by atoms with E-state index in [4.69, 9.17) is 21.1 Å². The van der Waals surface area contributed by atoms with Crippen molar-refractivity contribution in [3.8, 4) is 11.5 Å². The van der Waals surface area contributed by atoms with Gasteiger partial charge in [0.25, 0.3) is 5.91 Å². The minimum atomic E-state index is -0.283. The summed E-state index contributed by atoms with van der Waals surface area (Å²) in [5.74, 6) is 0.936. The maximum absolute atomic E-state index is 12.2. The minimum Gasteiger partial charge on any atom is -0.454 e. The van der Waals surface area contributed by atoms with Gasteiger partial charge in [-0.25, -0.2) is 4.98 Å². The van der Waals surface area contributed by atoms with Gasteiger partial charge in [-0.05, 0) is 42.0 Å². The fourth-order valence-corrected chi connectivity index (χ4v) is 3.53. The molecule has 0 atom stereocenters. The van der Waals surface area contributed by atoms with Gasteiger partial charge in [0.1, 0.15) is 0 Å². The van der Waals surface area contributed by atoms with Crippen molar-refractivity contribution < 1.29 is 19.1 Å². The van der Waals surface area contributed by atoms with E-state index in [2.05, 4.69) is 15.6 Å². The highest BCUT2D eigenvalue weighted by Gasteiger charge is 2.14. The molecule has 2 aromatic carbocycles. The second-order valence-corrected chi connectivity index (χ2v) is 7.54. The maximum Gasteiger partial charge on any atom is 0.257 e. The van der Waals surface area contributed by atoms with Crippen LogP contribution in [0.5, 0.6) is 11.5 Å². The van der Waals surface area contributed by atoms with Crippen LogP contribution in [-0.2, 0) is 17.8 Å². The second-order valence-electron chi connectivity index (χ2n) is 6.25. The lowest BCUT2D eigenvalue weighted by atomic mass is 10.2. The Labute approximate surface area is 175 Å². The summed E-state index contributed by atoms with van der Waals surface area (Å²) in [6, 6.07) is 12.1. The van der Waals surface area contributed by atoms with E-state index in [9.17, 15) is 9.59 Å². The number of fused-ring (bicyclic) bond motifs is 1. The number of hydrogen-bond donors (Lipinski definition) is 2. The fourth-order valence-electron chi connectivity index (χ4n) is 2.69. The molecule has 0 saturated heterocycles. The Balaban J connectivity index is 1.28. The van der Waals surface area contributed by atoms with Gasteiger partial charge in [0.05, 0.1) is 12.1 Å². The van der Waals surface area contributed by atoms with Crippen LogP contribution < -0.4 is 20.1 Å². The second kappa shape index (κ2) is 8.50. The third kappa shape index (κ3) is 4.85. The number of aromatic nitrogens is 1. The molecule has 29 heavy (non-hydrogen) atoms. The lowest BCUT2D eigenvalue weighted by Gasteiger charge is -2.05. The van der Waals surface area contributed by atoms with E-state index in [0.717, 1.165) is 5.56 Å². The zero-order chi connectivity index (χ0) is 20.2. The molecule has 1 aliphatic heterocycles. The van der Waals surface area contributed by atoms with Crippen LogP contribution in [0, 0.1) is 0 Å². The summed E-state index contributed by atoms with van der Waals surface area (Å²) in [6.45, 7) is 0.589. The van der Waals surface area contributed by atoms with Crippen LogP contribution >= 0.6 is 22.9 Å². The quantitative estimate of drug-likeness (QED) is 0.624. The van der Waals surface area contributed by atoms with Crippen LogP contribution in [0.1, 0.15) is 21.6 Å². The van der Waals surface area contributed by atoms with E-state index >= 15 is 0 Å². The number of amides is 2. The van der Waals surface area contributed by atoms with Gasteiger partial charge in [-0.3, -0.25) is 14.9 Å². The third-order valence-corrected chi connectivity index (χ3v) is 5.21. The number of rotatable bonds is 6. The van der Waals surface area contributed by atoms with Gasteiger partial charge in [-0.1, -0.05) is 17.7 Å². The van der Waals surface area contributed by atoms with Crippen molar-refractivity contribution in [2.45, 2.75) is 13.0 Å². The van der Waals surface area contributed by atoms with Crippen molar-refractivity contribution in [2.75, 3.05) is 12.1 Å². The summed E-state index contributed by atoms with van der Waals surface area (Å²) in [6.07, 6.45) is 0.123. The van der Waals surface area contributed by atoms with E-state index in [1.165, 1.54) is 11.3 Å². The van der Waals surface area contributed by atoms with Gasteiger partial charge in [-0.2, -0.15) is 0 Å². The maximum atomic E-state index is 12.2. The zero-order valence-corrected chi connectivity index (χ0v) is 16.7. The van der Waals surface area contributed by atoms with E-state index in [1.807, 2.05) is 18.2 Å². The number of hydrogen-bond acceptors (Lipinski definition) is 6. The zero-order valence-electron chi connectivity index (χ0n) is 15.1. The summed E-state index contributed by atoms with van der Waals surface area (Å²) in [5, 5.41) is 8.31. The van der Waals surface area contributed by atoms with Crippen LogP contribution in [0.15, 0.2) is 47.8 Å². The highest BCUT2D eigenvalue weighted by Crippen LogP contribution is 2.32. The molecule has 2 amide bonds. The number of benzene rings is 2. The molecule has 0 saturated carbocycles. The molecule has 0 fully saturated rings. The Bertz CT molecular complexity index is 1050. The average molecular weight is 430 g/mol. The first-order valence-corrected chi connectivity index (χ1v) is 9.99. The number of thiazole rings is 1. The molecule has 2 heterocycles. The van der Waals surface area contributed by atoms with E-state index in [0.29, 0.717) is 39.5 Å². The average Bonchev–Trinajstić information content (AvgIpc) is 3.35. The predicted molar refractivity (Wildman–Crippen MR) is 110 cm³/mol. The molecule has 2 N–H and O–H groups in total. The number of ether oxygens (including phenoxy) is 2. The molecule has 1 aliphatic rings. The molecule has 0 unspecified atom stereocenters. The van der Waals surface area contributed by atoms with E-state index < -0.39 is 0 Å². The molecule has 148 valence electrons. The first kappa shape index (κ1) is 19.2. The van der Waals surface area contributed by atoms with Crippen molar-refractivity contribution in [2.24, 2.45) is 0 Å². The summed E-state index contributed by atoms with van der Waals surface area (Å²) in [7, 11) is 0. The molecular weight excluding hydrogens is 414 g/mol. The van der Waals surface area contributed by atoms with Crippen LogP contribution in [0.3, 0.4) is 0 Å². The summed E-state index contributed by atoms with van der Waals surface area (Å²) in [5.41, 5.74) is 1.98. The number of carbonyl (C=O) groups excluding carboxylic acids is 2. The van der Waals surface area contributed by atoms with Crippen molar-refractivity contribution in [1.82, 2.24) is 10.3 Å². The van der Waals surface area contributed by atoms with Gasteiger partial charge in [-0.15, -0.1) is 11.3 Å². The summed E-state index contributed by atoms with van der Waals surface area (Å²) in [4.78, 5) is 28.7. The number of carbonyl (C=O) groups is 2. The van der Waals surface area contributed by atoms with E-state index in [1.54, 1.807) is 29.6 Å². The van der Waals surface area contributed by atoms with Gasteiger partial charge < -0.3 is 14.8 Å². The van der Waals surface area contributed by atoms with Crippen molar-refractivity contribution in [3.05, 3.63) is 69.7 Å². The molecule has 4 rings (SSSR count). The SMILES string of the molecule is O=C(Cc1csc(NC(=O)c2ccc(Cl)cc2)n1)NCc1ccc2c(c1)OCO2. The van der Waals surface area contributed by atoms with Crippen molar-refractivity contribution >= 4 is 39.9 Å². The largest absolute Gasteiger partial charge is 0.454 e. The standard InChI is InChI=1S/C20H16ClN3O4S/c21-14-4-2-13(3-5-14)19(26)24-20-23-15(10-29-20)8-18(25)22-9-12-1-6-16-17(7-12)28-11-27-16/h1-7,10H,8-9,11H2,(H,22,25)(H,23,24,26). The molecule has 0 radical (unpaired) electrons. The first-order chi connectivity index (χ1) is 14.1. The number of anilines is 1. The lowest BCUT2D eigenvalue weighted by molar-refractivity contribution is -0.120. The first-order valence-electron chi connectivity index (χ1n) is 8.73. The monoisotopic (exact) mass is 429 g/mol. The molecule has 9 heteroatoms. The number of nitrogens with one attached hydrogen (secondary N) is 2. The van der Waals surface area contributed by atoms with Gasteiger partial charge in [0.15, 0.2) is 16.6 Å². The van der Waals surface area contributed by atoms with Gasteiger partial charge in [0.2, 0.25) is 12.7 Å². The Morgan fingerprint density at radius 1 is 1.10 bits per heavy atom. The minimum absolute atomic E-state index is 0.123. The predicted octanol–water partition coefficient (Wildman–Crippen LogP) is 3.64. The number of nitrogens with zero attached hydrogens (tertiary/aromatic N) is 1. The van der Waals surface area contributed by atoms with Gasteiger partial charge >= 0.3 is 0 Å². The third-order valence-electron chi connectivity index (χ3n) is 4.15. The highest BCUT2D eigenvalue weighted by molar-refractivity contribution is 7.14. The fraction of sp³-hybridized carbons (Fsp3) is 0.150. The molecule has 0 aliphatic carbocycles. The smallest absolute Gasteiger partial charge is 0.257 e. The van der Waals surface area contributed by atoms with Crippen LogP contribution in [0.25, 0.3) is 0 Å². The molecule has 0 bridgehead atoms. The normalized spacial score (nSPS) is 11.9. The van der Waals surface area contributed by atoms with E-state index in [-0.39, 0.29) is 25.0 Å². The Kier molecular flexibility index (Phi) is 5.64. The highest BCUT2D eigenvalue weighted by atomic mass is 35.5. The summed E-state index contributed by atoms with van der Waals surface area (Å²) >= 11 is 7.09. The van der Waals surface area contributed by atoms with Gasteiger partial charge in [0, 0.05) is 22.5 Å². The van der Waals surface area contributed by atoms with Crippen LogP contribution in [-0.4, -0.2) is 23.6 Å². The molecule has 1 aromatic heterocycles.